The Bertz CT molecular complexity index is 1000. The molecule has 1 aromatic carbocycles. The van der Waals surface area contributed by atoms with Crippen LogP contribution in [0.1, 0.15) is 55.7 Å². The lowest BCUT2D eigenvalue weighted by molar-refractivity contribution is -0.139. The van der Waals surface area contributed by atoms with E-state index in [4.69, 9.17) is 11.6 Å². The van der Waals surface area contributed by atoms with E-state index >= 15 is 0 Å². The molecule has 1 saturated carbocycles. The summed E-state index contributed by atoms with van der Waals surface area (Å²) in [7, 11) is 0. The van der Waals surface area contributed by atoms with Gasteiger partial charge in [-0.05, 0) is 80.9 Å². The van der Waals surface area contributed by atoms with Gasteiger partial charge in [-0.15, -0.1) is 0 Å². The molecule has 0 radical (unpaired) electrons. The minimum atomic E-state index is -0.200. The van der Waals surface area contributed by atoms with Gasteiger partial charge in [0, 0.05) is 43.0 Å². The van der Waals surface area contributed by atoms with E-state index in [0.717, 1.165) is 75.8 Å². The number of carbonyl (C=O) groups is 2. The molecule has 1 atom stereocenters. The predicted octanol–water partition coefficient (Wildman–Crippen LogP) is 4.21. The summed E-state index contributed by atoms with van der Waals surface area (Å²) >= 11 is 6.08. The highest BCUT2D eigenvalue weighted by molar-refractivity contribution is 6.30. The number of nitrogens with one attached hydrogen (secondary N) is 1. The minimum absolute atomic E-state index is 0.00987. The molecule has 2 aromatic rings. The van der Waals surface area contributed by atoms with Crippen LogP contribution in [0.4, 0.5) is 0 Å². The van der Waals surface area contributed by atoms with E-state index in [2.05, 4.69) is 15.2 Å². The molecule has 7 heteroatoms. The third kappa shape index (κ3) is 5.28. The number of nitrogens with zero attached hydrogens (tertiary/aromatic N) is 3. The molecule has 2 aliphatic heterocycles. The van der Waals surface area contributed by atoms with Crippen LogP contribution in [0.2, 0.25) is 5.02 Å². The third-order valence-electron chi connectivity index (χ3n) is 7.78. The minimum Gasteiger partial charge on any atom is -0.349 e. The first-order valence-corrected chi connectivity index (χ1v) is 12.9. The lowest BCUT2D eigenvalue weighted by atomic mass is 9.77. The van der Waals surface area contributed by atoms with Crippen molar-refractivity contribution in [2.45, 2.75) is 51.1 Å². The molecular weight excluding hydrogens is 448 g/mol. The summed E-state index contributed by atoms with van der Waals surface area (Å²) in [6.07, 6.45) is 9.24. The van der Waals surface area contributed by atoms with Gasteiger partial charge in [0.1, 0.15) is 0 Å². The van der Waals surface area contributed by atoms with Crippen molar-refractivity contribution in [2.75, 3.05) is 26.2 Å². The lowest BCUT2D eigenvalue weighted by Crippen LogP contribution is -2.45. The van der Waals surface area contributed by atoms with Crippen LogP contribution in [0.15, 0.2) is 48.8 Å². The predicted molar refractivity (Wildman–Crippen MR) is 132 cm³/mol. The number of benzene rings is 1. The maximum atomic E-state index is 13.3. The van der Waals surface area contributed by atoms with Gasteiger partial charge in [-0.3, -0.25) is 14.6 Å². The number of pyridine rings is 1. The van der Waals surface area contributed by atoms with E-state index < -0.39 is 0 Å². The molecular formula is C27H33ClN4O2. The summed E-state index contributed by atoms with van der Waals surface area (Å²) < 4.78 is 0. The second kappa shape index (κ2) is 10.0. The van der Waals surface area contributed by atoms with Crippen molar-refractivity contribution in [1.29, 1.82) is 0 Å². The molecule has 6 nitrogen and oxygen atoms in total. The number of likely N-dealkylation sites (tertiary alicyclic amines) is 2. The van der Waals surface area contributed by atoms with E-state index in [-0.39, 0.29) is 23.3 Å². The van der Waals surface area contributed by atoms with Crippen molar-refractivity contribution >= 4 is 23.4 Å². The zero-order valence-electron chi connectivity index (χ0n) is 19.6. The van der Waals surface area contributed by atoms with E-state index in [1.54, 1.807) is 6.20 Å². The molecule has 180 valence electrons. The fourth-order valence-corrected chi connectivity index (χ4v) is 5.51. The number of halogens is 1. The Morgan fingerprint density at radius 2 is 1.85 bits per heavy atom. The van der Waals surface area contributed by atoms with E-state index in [1.165, 1.54) is 0 Å². The molecule has 3 fully saturated rings. The first-order valence-electron chi connectivity index (χ1n) is 12.5. The van der Waals surface area contributed by atoms with Crippen LogP contribution >= 0.6 is 11.6 Å². The summed E-state index contributed by atoms with van der Waals surface area (Å²) in [5.41, 5.74) is 1.99. The Labute approximate surface area is 206 Å². The van der Waals surface area contributed by atoms with Crippen molar-refractivity contribution < 1.29 is 9.59 Å². The third-order valence-corrected chi connectivity index (χ3v) is 8.03. The van der Waals surface area contributed by atoms with Crippen LogP contribution in [0.3, 0.4) is 0 Å². The highest BCUT2D eigenvalue weighted by Gasteiger charge is 2.47. The number of piperidine rings is 1. The lowest BCUT2D eigenvalue weighted by Gasteiger charge is -2.38. The zero-order valence-corrected chi connectivity index (χ0v) is 20.3. The molecule has 34 heavy (non-hydrogen) atoms. The summed E-state index contributed by atoms with van der Waals surface area (Å²) in [5, 5.41) is 3.97. The van der Waals surface area contributed by atoms with Gasteiger partial charge in [0.05, 0.1) is 11.5 Å². The molecule has 2 amide bonds. The van der Waals surface area contributed by atoms with Gasteiger partial charge in [0.25, 0.3) is 0 Å². The topological polar surface area (TPSA) is 65.5 Å². The summed E-state index contributed by atoms with van der Waals surface area (Å²) in [5.74, 6) is 0.669. The van der Waals surface area contributed by atoms with Crippen molar-refractivity contribution in [1.82, 2.24) is 20.1 Å². The van der Waals surface area contributed by atoms with E-state index in [0.29, 0.717) is 17.5 Å². The second-order valence-electron chi connectivity index (χ2n) is 10.1. The van der Waals surface area contributed by atoms with Gasteiger partial charge in [-0.2, -0.15) is 0 Å². The van der Waals surface area contributed by atoms with Gasteiger partial charge < -0.3 is 15.1 Å². The van der Waals surface area contributed by atoms with Gasteiger partial charge in [0.15, 0.2) is 0 Å². The number of aromatic nitrogens is 1. The molecule has 1 spiro atoms. The largest absolute Gasteiger partial charge is 0.349 e. The summed E-state index contributed by atoms with van der Waals surface area (Å²) in [6, 6.07) is 11.8. The maximum Gasteiger partial charge on any atom is 0.229 e. The number of hydrogen-bond acceptors (Lipinski definition) is 4. The molecule has 1 N–H and O–H groups in total. The number of amides is 2. The maximum absolute atomic E-state index is 13.3. The van der Waals surface area contributed by atoms with Crippen molar-refractivity contribution in [3.63, 3.8) is 0 Å². The number of rotatable bonds is 8. The van der Waals surface area contributed by atoms with Gasteiger partial charge >= 0.3 is 0 Å². The second-order valence-corrected chi connectivity index (χ2v) is 10.6. The first kappa shape index (κ1) is 23.3. The Balaban J connectivity index is 1.15. The van der Waals surface area contributed by atoms with Gasteiger partial charge in [-0.1, -0.05) is 29.8 Å². The molecule has 5 rings (SSSR count). The fraction of sp³-hybridized carbons (Fsp3) is 0.519. The van der Waals surface area contributed by atoms with Crippen molar-refractivity contribution in [2.24, 2.45) is 11.3 Å². The van der Waals surface area contributed by atoms with Crippen molar-refractivity contribution in [3.8, 4) is 0 Å². The Morgan fingerprint density at radius 3 is 2.53 bits per heavy atom. The van der Waals surface area contributed by atoms with Gasteiger partial charge in [-0.25, -0.2) is 0 Å². The molecule has 2 saturated heterocycles. The van der Waals surface area contributed by atoms with Crippen LogP contribution in [0, 0.1) is 11.3 Å². The van der Waals surface area contributed by atoms with Crippen LogP contribution in [0.25, 0.3) is 0 Å². The molecule has 1 unspecified atom stereocenters. The van der Waals surface area contributed by atoms with Crippen LogP contribution in [-0.4, -0.2) is 52.8 Å². The standard InChI is InChI=1S/C27H33ClN4O2/c28-23-7-5-21(6-8-23)24(30-25(33)22-3-4-22)9-14-31-15-10-27(11-16-31)12-17-32(26(27)34)19-20-2-1-13-29-18-20/h1-2,5-8,13,18,22,24H,3-4,9-12,14-17,19H2,(H,30,33). The normalized spacial score (nSPS) is 21.1. The Morgan fingerprint density at radius 1 is 1.12 bits per heavy atom. The van der Waals surface area contributed by atoms with Crippen LogP contribution in [0.5, 0.6) is 0 Å². The molecule has 3 aliphatic rings. The summed E-state index contributed by atoms with van der Waals surface area (Å²) in [6.45, 7) is 4.25. The average molecular weight is 481 g/mol. The van der Waals surface area contributed by atoms with Crippen LogP contribution < -0.4 is 5.32 Å². The molecule has 1 aromatic heterocycles. The summed E-state index contributed by atoms with van der Waals surface area (Å²) in [4.78, 5) is 34.4. The van der Waals surface area contributed by atoms with Crippen molar-refractivity contribution in [3.05, 3.63) is 64.9 Å². The molecule has 0 bridgehead atoms. The highest BCUT2D eigenvalue weighted by atomic mass is 35.5. The van der Waals surface area contributed by atoms with E-state index in [1.807, 2.05) is 47.5 Å². The number of carbonyl (C=O) groups excluding carboxylic acids is 2. The molecule has 1 aliphatic carbocycles. The SMILES string of the molecule is O=C(NC(CCN1CCC2(CC1)CCN(Cc1cccnc1)C2=O)c1ccc(Cl)cc1)C1CC1. The van der Waals surface area contributed by atoms with Crippen LogP contribution in [-0.2, 0) is 16.1 Å². The molecule has 3 heterocycles. The number of hydrogen-bond donors (Lipinski definition) is 1. The Kier molecular flexibility index (Phi) is 6.89. The monoisotopic (exact) mass is 480 g/mol. The highest BCUT2D eigenvalue weighted by Crippen LogP contribution is 2.42. The first-order chi connectivity index (χ1) is 16.5. The quantitative estimate of drug-likeness (QED) is 0.614. The Hall–Kier alpha value is -2.44. The zero-order chi connectivity index (χ0) is 23.5. The van der Waals surface area contributed by atoms with E-state index in [9.17, 15) is 9.59 Å². The smallest absolute Gasteiger partial charge is 0.229 e. The fourth-order valence-electron chi connectivity index (χ4n) is 5.39. The average Bonchev–Trinajstić information content (AvgIpc) is 3.67. The van der Waals surface area contributed by atoms with Gasteiger partial charge in [0.2, 0.25) is 11.8 Å².